The molecule has 2 N–H and O–H groups in total. The van der Waals surface area contributed by atoms with Gasteiger partial charge < -0.3 is 19.8 Å². The van der Waals surface area contributed by atoms with Gasteiger partial charge in [0.25, 0.3) is 0 Å². The Labute approximate surface area is 177 Å². The maximum atomic E-state index is 12.8. The van der Waals surface area contributed by atoms with Gasteiger partial charge in [-0.3, -0.25) is 4.79 Å². The van der Waals surface area contributed by atoms with Gasteiger partial charge >= 0.3 is 0 Å². The number of carbonyl (C=O) groups is 1. The average molecular weight is 407 g/mol. The van der Waals surface area contributed by atoms with Crippen LogP contribution in [-0.2, 0) is 11.2 Å². The Bertz CT molecular complexity index is 1040. The molecule has 1 aromatic heterocycles. The van der Waals surface area contributed by atoms with Gasteiger partial charge in [0.15, 0.2) is 11.5 Å². The SMILES string of the molecule is CCc1cccc2c([C@@H](CC(=O)NCCC(C)C)c3ccc4c(c3)OCO4)c[nH]c12. The lowest BCUT2D eigenvalue weighted by atomic mass is 9.87. The number of fused-ring (bicyclic) bond motifs is 2. The van der Waals surface area contributed by atoms with Gasteiger partial charge in [0.2, 0.25) is 12.7 Å². The molecular formula is C25H30N2O3. The zero-order valence-electron chi connectivity index (χ0n) is 18.0. The topological polar surface area (TPSA) is 63.4 Å². The highest BCUT2D eigenvalue weighted by Crippen LogP contribution is 2.39. The number of para-hydroxylation sites is 1. The van der Waals surface area contributed by atoms with E-state index >= 15 is 0 Å². The quantitative estimate of drug-likeness (QED) is 0.544. The molecule has 0 spiro atoms. The summed E-state index contributed by atoms with van der Waals surface area (Å²) in [5, 5.41) is 4.27. The van der Waals surface area contributed by atoms with Gasteiger partial charge in [-0.1, -0.05) is 45.0 Å². The number of rotatable bonds is 8. The summed E-state index contributed by atoms with van der Waals surface area (Å²) in [7, 11) is 0. The van der Waals surface area contributed by atoms with Crippen LogP contribution in [0, 0.1) is 5.92 Å². The molecule has 1 amide bonds. The van der Waals surface area contributed by atoms with Crippen LogP contribution in [0.2, 0.25) is 0 Å². The summed E-state index contributed by atoms with van der Waals surface area (Å²) in [6, 6.07) is 12.4. The standard InChI is InChI=1S/C25H30N2O3/c1-4-17-6-5-7-19-21(14-27-25(17)19)20(13-24(28)26-11-10-16(2)3)18-8-9-22-23(12-18)30-15-29-22/h5-9,12,14,16,20,27H,4,10-11,13,15H2,1-3H3,(H,26,28)/t20-/m0/s1. The number of H-pyrrole nitrogens is 1. The molecule has 0 aliphatic carbocycles. The van der Waals surface area contributed by atoms with E-state index in [0.29, 0.717) is 18.9 Å². The second-order valence-corrected chi connectivity index (χ2v) is 8.34. The average Bonchev–Trinajstić information content (AvgIpc) is 3.38. The third kappa shape index (κ3) is 4.16. The van der Waals surface area contributed by atoms with Crippen LogP contribution in [0.1, 0.15) is 56.2 Å². The highest BCUT2D eigenvalue weighted by Gasteiger charge is 2.24. The van der Waals surface area contributed by atoms with Gasteiger partial charge in [0.1, 0.15) is 0 Å². The first-order valence-electron chi connectivity index (χ1n) is 10.8. The van der Waals surface area contributed by atoms with Crippen LogP contribution in [0.15, 0.2) is 42.6 Å². The predicted molar refractivity (Wildman–Crippen MR) is 119 cm³/mol. The molecule has 4 rings (SSSR count). The molecule has 0 unspecified atom stereocenters. The van der Waals surface area contributed by atoms with E-state index in [1.807, 2.05) is 18.2 Å². The molecule has 0 saturated heterocycles. The summed E-state index contributed by atoms with van der Waals surface area (Å²) in [6.45, 7) is 7.44. The Kier molecular flexibility index (Phi) is 5.98. The maximum Gasteiger partial charge on any atom is 0.231 e. The van der Waals surface area contributed by atoms with Crippen LogP contribution in [0.25, 0.3) is 10.9 Å². The monoisotopic (exact) mass is 406 g/mol. The Morgan fingerprint density at radius 2 is 2.00 bits per heavy atom. The van der Waals surface area contributed by atoms with Crippen molar-refractivity contribution in [3.8, 4) is 11.5 Å². The minimum atomic E-state index is -0.0700. The van der Waals surface area contributed by atoms with Gasteiger partial charge in [-0.25, -0.2) is 0 Å². The number of hydrogen-bond acceptors (Lipinski definition) is 3. The van der Waals surface area contributed by atoms with Crippen molar-refractivity contribution in [1.82, 2.24) is 10.3 Å². The summed E-state index contributed by atoms with van der Waals surface area (Å²) < 4.78 is 11.1. The number of benzene rings is 2. The van der Waals surface area contributed by atoms with Gasteiger partial charge in [0.05, 0.1) is 0 Å². The van der Waals surface area contributed by atoms with Gasteiger partial charge in [-0.2, -0.15) is 0 Å². The molecule has 5 heteroatoms. The van der Waals surface area contributed by atoms with E-state index in [0.717, 1.165) is 41.0 Å². The van der Waals surface area contributed by atoms with Gasteiger partial charge in [-0.15, -0.1) is 0 Å². The van der Waals surface area contributed by atoms with E-state index < -0.39 is 0 Å². The van der Waals surface area contributed by atoms with E-state index in [9.17, 15) is 4.79 Å². The van der Waals surface area contributed by atoms with Crippen molar-refractivity contribution in [2.45, 2.75) is 46.0 Å². The van der Waals surface area contributed by atoms with Crippen molar-refractivity contribution in [1.29, 1.82) is 0 Å². The van der Waals surface area contributed by atoms with Crippen LogP contribution in [0.4, 0.5) is 0 Å². The molecule has 1 aliphatic heterocycles. The number of nitrogens with one attached hydrogen (secondary N) is 2. The van der Waals surface area contributed by atoms with Crippen LogP contribution < -0.4 is 14.8 Å². The van der Waals surface area contributed by atoms with Crippen molar-refractivity contribution >= 4 is 16.8 Å². The van der Waals surface area contributed by atoms with Gasteiger partial charge in [0, 0.05) is 36.0 Å². The minimum absolute atomic E-state index is 0.0688. The van der Waals surface area contributed by atoms with Crippen molar-refractivity contribution in [2.24, 2.45) is 5.92 Å². The van der Waals surface area contributed by atoms with Crippen LogP contribution >= 0.6 is 0 Å². The van der Waals surface area contributed by atoms with Crippen molar-refractivity contribution in [3.63, 3.8) is 0 Å². The Hall–Kier alpha value is -2.95. The molecule has 2 heterocycles. The molecule has 3 aromatic rings. The zero-order chi connectivity index (χ0) is 21.1. The normalized spacial score (nSPS) is 13.7. The molecular weight excluding hydrogens is 376 g/mol. The fraction of sp³-hybridized carbons (Fsp3) is 0.400. The van der Waals surface area contributed by atoms with Crippen LogP contribution in [-0.4, -0.2) is 24.2 Å². The fourth-order valence-corrected chi connectivity index (χ4v) is 4.12. The molecule has 0 saturated carbocycles. The predicted octanol–water partition coefficient (Wildman–Crippen LogP) is 5.14. The molecule has 0 radical (unpaired) electrons. The number of hydrogen-bond donors (Lipinski definition) is 2. The maximum absolute atomic E-state index is 12.8. The summed E-state index contributed by atoms with van der Waals surface area (Å²) in [6.07, 6.45) is 4.39. The molecule has 158 valence electrons. The van der Waals surface area contributed by atoms with E-state index in [4.69, 9.17) is 9.47 Å². The molecule has 1 atom stereocenters. The lowest BCUT2D eigenvalue weighted by Gasteiger charge is -2.18. The number of aryl methyl sites for hydroxylation is 1. The number of carbonyl (C=O) groups excluding carboxylic acids is 1. The Morgan fingerprint density at radius 1 is 1.17 bits per heavy atom. The molecule has 5 nitrogen and oxygen atoms in total. The Morgan fingerprint density at radius 3 is 2.80 bits per heavy atom. The molecule has 1 aliphatic rings. The third-order valence-electron chi connectivity index (χ3n) is 5.82. The second kappa shape index (κ2) is 8.82. The first-order valence-corrected chi connectivity index (χ1v) is 10.8. The third-order valence-corrected chi connectivity index (χ3v) is 5.82. The zero-order valence-corrected chi connectivity index (χ0v) is 18.0. The van der Waals surface area contributed by atoms with Crippen molar-refractivity contribution in [3.05, 3.63) is 59.3 Å². The smallest absolute Gasteiger partial charge is 0.231 e. The van der Waals surface area contributed by atoms with E-state index in [1.54, 1.807) is 0 Å². The number of aromatic nitrogens is 1. The fourth-order valence-electron chi connectivity index (χ4n) is 4.12. The first kappa shape index (κ1) is 20.3. The lowest BCUT2D eigenvalue weighted by Crippen LogP contribution is -2.27. The van der Waals surface area contributed by atoms with Crippen LogP contribution in [0.5, 0.6) is 11.5 Å². The van der Waals surface area contributed by atoms with Crippen molar-refractivity contribution < 1.29 is 14.3 Å². The summed E-state index contributed by atoms with van der Waals surface area (Å²) in [5.41, 5.74) is 4.63. The molecule has 0 fully saturated rings. The summed E-state index contributed by atoms with van der Waals surface area (Å²) in [5.74, 6) is 2.06. The van der Waals surface area contributed by atoms with Crippen molar-refractivity contribution in [2.75, 3.05) is 13.3 Å². The number of aromatic amines is 1. The van der Waals surface area contributed by atoms with E-state index in [1.165, 1.54) is 10.9 Å². The summed E-state index contributed by atoms with van der Waals surface area (Å²) >= 11 is 0. The Balaban J connectivity index is 1.68. The van der Waals surface area contributed by atoms with E-state index in [-0.39, 0.29) is 18.6 Å². The largest absolute Gasteiger partial charge is 0.454 e. The second-order valence-electron chi connectivity index (χ2n) is 8.34. The van der Waals surface area contributed by atoms with E-state index in [2.05, 4.69) is 55.5 Å². The summed E-state index contributed by atoms with van der Waals surface area (Å²) in [4.78, 5) is 16.3. The molecule has 30 heavy (non-hydrogen) atoms. The molecule has 2 aromatic carbocycles. The number of ether oxygens (including phenoxy) is 2. The first-order chi connectivity index (χ1) is 14.6. The highest BCUT2D eigenvalue weighted by atomic mass is 16.7. The van der Waals surface area contributed by atoms with Crippen LogP contribution in [0.3, 0.4) is 0 Å². The number of amides is 1. The highest BCUT2D eigenvalue weighted by molar-refractivity contribution is 5.88. The minimum Gasteiger partial charge on any atom is -0.454 e. The molecule has 0 bridgehead atoms. The van der Waals surface area contributed by atoms with Gasteiger partial charge in [-0.05, 0) is 47.6 Å². The lowest BCUT2D eigenvalue weighted by molar-refractivity contribution is -0.121.